The molecule has 0 bridgehead atoms. The van der Waals surface area contributed by atoms with Crippen LogP contribution in [0.5, 0.6) is 17.2 Å². The van der Waals surface area contributed by atoms with Crippen molar-refractivity contribution >= 4 is 52.1 Å². The van der Waals surface area contributed by atoms with Gasteiger partial charge >= 0.3 is 17.9 Å². The van der Waals surface area contributed by atoms with Crippen LogP contribution in [0.1, 0.15) is 31.1 Å². The van der Waals surface area contributed by atoms with Crippen molar-refractivity contribution in [3.05, 3.63) is 61.2 Å². The molecule has 0 radical (unpaired) electrons. The summed E-state index contributed by atoms with van der Waals surface area (Å²) in [5.74, 6) is -6.34. The van der Waals surface area contributed by atoms with Crippen LogP contribution in [0.2, 0.25) is 10.0 Å². The van der Waals surface area contributed by atoms with Crippen molar-refractivity contribution in [3.8, 4) is 39.7 Å². The van der Waals surface area contributed by atoms with Crippen LogP contribution in [0.25, 0.3) is 33.4 Å². The van der Waals surface area contributed by atoms with Gasteiger partial charge in [-0.3, -0.25) is 4.79 Å². The van der Waals surface area contributed by atoms with Gasteiger partial charge in [-0.25, -0.2) is 14.4 Å². The summed E-state index contributed by atoms with van der Waals surface area (Å²) in [5, 5.41) is 39.0. The normalized spacial score (nSPS) is 11.0. The van der Waals surface area contributed by atoms with Crippen molar-refractivity contribution < 1.29 is 48.7 Å². The molecule has 1 aliphatic carbocycles. The highest BCUT2D eigenvalue weighted by atomic mass is 35.5. The number of carboxylic acid groups (broad SMARTS) is 3. The minimum atomic E-state index is -1.67. The van der Waals surface area contributed by atoms with Gasteiger partial charge in [-0.15, -0.1) is 0 Å². The molecule has 37 heavy (non-hydrogen) atoms. The highest BCUT2D eigenvalue weighted by molar-refractivity contribution is 6.34. The Kier molecular flexibility index (Phi) is 6.36. The number of benzene rings is 3. The van der Waals surface area contributed by atoms with Gasteiger partial charge in [-0.2, -0.15) is 0 Å². The van der Waals surface area contributed by atoms with Crippen LogP contribution in [0, 0.1) is 0 Å². The largest absolute Gasteiger partial charge is 0.503 e. The van der Waals surface area contributed by atoms with Gasteiger partial charge in [-0.1, -0.05) is 23.2 Å². The Morgan fingerprint density at radius 1 is 0.784 bits per heavy atom. The van der Waals surface area contributed by atoms with Crippen molar-refractivity contribution in [1.82, 2.24) is 0 Å². The van der Waals surface area contributed by atoms with E-state index in [4.69, 9.17) is 37.1 Å². The highest BCUT2D eigenvalue weighted by Gasteiger charge is 2.31. The van der Waals surface area contributed by atoms with Crippen molar-refractivity contribution in [1.29, 1.82) is 0 Å². The molecule has 0 aromatic heterocycles. The van der Waals surface area contributed by atoms with E-state index in [9.17, 15) is 39.6 Å². The molecular formula is C24H14Cl2O11. The number of aromatic carboxylic acids is 3. The van der Waals surface area contributed by atoms with Crippen molar-refractivity contribution in [2.24, 2.45) is 0 Å². The van der Waals surface area contributed by atoms with Crippen molar-refractivity contribution in [3.63, 3.8) is 0 Å². The van der Waals surface area contributed by atoms with E-state index in [1.807, 2.05) is 0 Å². The molecule has 0 spiro atoms. The molecule has 0 saturated carbocycles. The summed E-state index contributed by atoms with van der Waals surface area (Å²) in [6.07, 6.45) is 0. The minimum Gasteiger partial charge on any atom is -0.503 e. The lowest BCUT2D eigenvalue weighted by Crippen LogP contribution is -2.13. The number of ether oxygens (including phenoxy) is 2. The number of hydrogen-bond acceptors (Lipinski definition) is 8. The summed E-state index contributed by atoms with van der Waals surface area (Å²) in [4.78, 5) is 48.5. The maximum Gasteiger partial charge on any atom is 0.336 e. The lowest BCUT2D eigenvalue weighted by molar-refractivity contribution is 0.0649. The molecule has 1 aliphatic heterocycles. The summed E-state index contributed by atoms with van der Waals surface area (Å²) in [6, 6.07) is 3.92. The SMILES string of the molecule is COc1c2oc3c(OC)c(O)c(Cl)cc3c(-c3cc(C(=O)O)c(C(=O)O)cc3C(=O)O)c-2cc(Cl)c1=O. The standard InChI is InChI=1S/C24H14Cl2O11/c1-35-20-16(27)13(25)5-11-15(12-6-14(26)17(28)21(36-2)19(12)37-18(11)20)7-3-9(23(31)32)10(24(33)34)4-8(7)22(29)30/h3-6,27H,1-2H3,(H,29,30)(H,31,32)(H,33,34). The molecule has 2 aromatic carbocycles. The predicted molar refractivity (Wildman–Crippen MR) is 130 cm³/mol. The lowest BCUT2D eigenvalue weighted by Gasteiger charge is -2.21. The first-order valence-electron chi connectivity index (χ1n) is 10.0. The Labute approximate surface area is 215 Å². The van der Waals surface area contributed by atoms with Gasteiger partial charge in [0.05, 0.1) is 41.0 Å². The zero-order valence-corrected chi connectivity index (χ0v) is 20.2. The first kappa shape index (κ1) is 25.6. The summed E-state index contributed by atoms with van der Waals surface area (Å²) in [5.41, 5.74) is -3.40. The topological polar surface area (TPSA) is 181 Å². The Hall–Kier alpha value is -4.48. The van der Waals surface area contributed by atoms with Crippen LogP contribution in [0.4, 0.5) is 0 Å². The van der Waals surface area contributed by atoms with Crippen molar-refractivity contribution in [2.75, 3.05) is 14.2 Å². The quantitative estimate of drug-likeness (QED) is 0.245. The third kappa shape index (κ3) is 3.94. The Bertz CT molecular complexity index is 1690. The number of rotatable bonds is 6. The number of carbonyl (C=O) groups is 3. The molecule has 4 rings (SSSR count). The zero-order chi connectivity index (χ0) is 27.3. The molecule has 2 aliphatic rings. The number of aromatic hydroxyl groups is 1. The van der Waals surface area contributed by atoms with E-state index < -0.39 is 45.8 Å². The van der Waals surface area contributed by atoms with Crippen LogP contribution in [-0.2, 0) is 0 Å². The van der Waals surface area contributed by atoms with Gasteiger partial charge < -0.3 is 34.3 Å². The first-order valence-corrected chi connectivity index (χ1v) is 10.8. The van der Waals surface area contributed by atoms with Crippen LogP contribution < -0.4 is 14.9 Å². The van der Waals surface area contributed by atoms with Crippen molar-refractivity contribution in [2.45, 2.75) is 0 Å². The van der Waals surface area contributed by atoms with Gasteiger partial charge in [0.1, 0.15) is 0 Å². The molecule has 13 heteroatoms. The molecule has 0 atom stereocenters. The van der Waals surface area contributed by atoms with Gasteiger partial charge in [0, 0.05) is 16.5 Å². The molecular weight excluding hydrogens is 535 g/mol. The second kappa shape index (κ2) is 9.19. The monoisotopic (exact) mass is 548 g/mol. The van der Waals surface area contributed by atoms with E-state index >= 15 is 0 Å². The molecule has 4 N–H and O–H groups in total. The summed E-state index contributed by atoms with van der Waals surface area (Å²) >= 11 is 12.3. The molecule has 0 amide bonds. The second-order valence-electron chi connectivity index (χ2n) is 7.55. The number of phenolic OH excluding ortho intramolecular Hbond substituents is 1. The Balaban J connectivity index is 2.38. The summed E-state index contributed by atoms with van der Waals surface area (Å²) in [6.45, 7) is 0. The maximum absolute atomic E-state index is 12.7. The average molecular weight is 549 g/mol. The van der Waals surface area contributed by atoms with Crippen LogP contribution in [0.15, 0.2) is 33.5 Å². The molecule has 2 aromatic rings. The van der Waals surface area contributed by atoms with Crippen LogP contribution in [0.3, 0.4) is 0 Å². The minimum absolute atomic E-state index is 0.000303. The Morgan fingerprint density at radius 3 is 1.89 bits per heavy atom. The van der Waals surface area contributed by atoms with Gasteiger partial charge in [0.2, 0.25) is 16.9 Å². The van der Waals surface area contributed by atoms with E-state index in [0.717, 1.165) is 19.2 Å². The first-order chi connectivity index (χ1) is 17.4. The fourth-order valence-electron chi connectivity index (χ4n) is 4.01. The van der Waals surface area contributed by atoms with Gasteiger partial charge in [0.15, 0.2) is 17.1 Å². The molecule has 190 valence electrons. The van der Waals surface area contributed by atoms with Gasteiger partial charge in [0.25, 0.3) is 0 Å². The van der Waals surface area contributed by atoms with E-state index in [1.54, 1.807) is 0 Å². The maximum atomic E-state index is 12.7. The van der Waals surface area contributed by atoms with Crippen LogP contribution in [-0.4, -0.2) is 52.6 Å². The number of phenols is 1. The highest BCUT2D eigenvalue weighted by Crippen LogP contribution is 2.51. The molecule has 0 unspecified atom stereocenters. The molecule has 0 saturated heterocycles. The zero-order valence-electron chi connectivity index (χ0n) is 18.7. The second-order valence-corrected chi connectivity index (χ2v) is 8.36. The third-order valence-corrected chi connectivity index (χ3v) is 6.15. The molecule has 11 nitrogen and oxygen atoms in total. The van der Waals surface area contributed by atoms with Crippen LogP contribution >= 0.6 is 23.2 Å². The number of methoxy groups -OCH3 is 2. The third-order valence-electron chi connectivity index (χ3n) is 5.58. The predicted octanol–water partition coefficient (Wildman–Crippen LogP) is 4.69. The molecule has 0 fully saturated rings. The smallest absolute Gasteiger partial charge is 0.336 e. The number of hydrogen-bond donors (Lipinski definition) is 4. The number of halogens is 2. The lowest BCUT2D eigenvalue weighted by atomic mass is 9.87. The number of fused-ring (bicyclic) bond motifs is 2. The fraction of sp³-hybridized carbons (Fsp3) is 0.0833. The molecule has 1 heterocycles. The number of carboxylic acids is 3. The van der Waals surface area contributed by atoms with Gasteiger partial charge in [-0.05, 0) is 29.8 Å². The van der Waals surface area contributed by atoms with E-state index in [-0.39, 0.29) is 55.0 Å². The Morgan fingerprint density at radius 2 is 1.35 bits per heavy atom. The van der Waals surface area contributed by atoms with E-state index in [0.29, 0.717) is 6.07 Å². The summed E-state index contributed by atoms with van der Waals surface area (Å²) < 4.78 is 16.3. The van der Waals surface area contributed by atoms with E-state index in [2.05, 4.69) is 0 Å². The summed E-state index contributed by atoms with van der Waals surface area (Å²) in [7, 11) is 2.35. The van der Waals surface area contributed by atoms with E-state index in [1.165, 1.54) is 13.2 Å². The average Bonchev–Trinajstić information content (AvgIpc) is 2.84. The fourth-order valence-corrected chi connectivity index (χ4v) is 4.40.